The van der Waals surface area contributed by atoms with Crippen molar-refractivity contribution in [3.8, 4) is 5.75 Å². The molecule has 2 heteroatoms. The van der Waals surface area contributed by atoms with Crippen LogP contribution in [-0.4, -0.2) is 6.61 Å². The van der Waals surface area contributed by atoms with E-state index in [1.807, 2.05) is 0 Å². The highest BCUT2D eigenvalue weighted by molar-refractivity contribution is 5.46. The molecule has 3 rings (SSSR count). The maximum Gasteiger partial charge on any atom is 0.127 e. The SMILES string of the molecule is Cc1ccc(C)c(CC(N)c2cccc3c2OCC3)c1. The van der Waals surface area contributed by atoms with Crippen molar-refractivity contribution in [2.45, 2.75) is 32.7 Å². The highest BCUT2D eigenvalue weighted by Gasteiger charge is 2.20. The topological polar surface area (TPSA) is 35.2 Å². The smallest absolute Gasteiger partial charge is 0.127 e. The van der Waals surface area contributed by atoms with Gasteiger partial charge in [0.05, 0.1) is 6.61 Å². The number of ether oxygens (including phenoxy) is 1. The Kier molecular flexibility index (Phi) is 3.49. The number of benzene rings is 2. The lowest BCUT2D eigenvalue weighted by Gasteiger charge is -2.17. The number of fused-ring (bicyclic) bond motifs is 1. The quantitative estimate of drug-likeness (QED) is 0.924. The first kappa shape index (κ1) is 13.2. The van der Waals surface area contributed by atoms with Crippen LogP contribution in [0.1, 0.15) is 33.9 Å². The first-order valence-electron chi connectivity index (χ1n) is 7.21. The molecule has 0 amide bonds. The van der Waals surface area contributed by atoms with Crippen LogP contribution in [0.2, 0.25) is 0 Å². The molecule has 2 aromatic carbocycles. The van der Waals surface area contributed by atoms with Crippen LogP contribution in [0.25, 0.3) is 0 Å². The second kappa shape index (κ2) is 5.29. The molecule has 0 aromatic heterocycles. The summed E-state index contributed by atoms with van der Waals surface area (Å²) in [4.78, 5) is 0. The van der Waals surface area contributed by atoms with Crippen molar-refractivity contribution in [3.05, 3.63) is 64.2 Å². The molecule has 1 atom stereocenters. The van der Waals surface area contributed by atoms with Crippen molar-refractivity contribution >= 4 is 0 Å². The van der Waals surface area contributed by atoms with Crippen LogP contribution in [0.4, 0.5) is 0 Å². The molecule has 0 spiro atoms. The lowest BCUT2D eigenvalue weighted by atomic mass is 9.94. The molecule has 104 valence electrons. The predicted octanol–water partition coefficient (Wildman–Crippen LogP) is 3.48. The average molecular weight is 267 g/mol. The highest BCUT2D eigenvalue weighted by Crippen LogP contribution is 2.34. The molecule has 0 fully saturated rings. The van der Waals surface area contributed by atoms with Crippen molar-refractivity contribution < 1.29 is 4.74 Å². The van der Waals surface area contributed by atoms with Crippen molar-refractivity contribution in [1.29, 1.82) is 0 Å². The van der Waals surface area contributed by atoms with Crippen molar-refractivity contribution in [2.24, 2.45) is 5.73 Å². The fourth-order valence-corrected chi connectivity index (χ4v) is 2.90. The summed E-state index contributed by atoms with van der Waals surface area (Å²) in [6.07, 6.45) is 1.85. The number of para-hydroxylation sites is 1. The van der Waals surface area contributed by atoms with Crippen LogP contribution in [0.5, 0.6) is 5.75 Å². The lowest BCUT2D eigenvalue weighted by molar-refractivity contribution is 0.351. The number of hydrogen-bond donors (Lipinski definition) is 1. The van der Waals surface area contributed by atoms with E-state index in [4.69, 9.17) is 10.5 Å². The Bertz CT molecular complexity index is 633. The predicted molar refractivity (Wildman–Crippen MR) is 82.2 cm³/mol. The first-order valence-corrected chi connectivity index (χ1v) is 7.21. The van der Waals surface area contributed by atoms with E-state index in [9.17, 15) is 0 Å². The van der Waals surface area contributed by atoms with E-state index in [2.05, 4.69) is 50.2 Å². The zero-order chi connectivity index (χ0) is 14.1. The van der Waals surface area contributed by atoms with Crippen LogP contribution < -0.4 is 10.5 Å². The molecule has 1 aliphatic heterocycles. The molecule has 2 aromatic rings. The van der Waals surface area contributed by atoms with Gasteiger partial charge in [0, 0.05) is 18.0 Å². The van der Waals surface area contributed by atoms with Gasteiger partial charge in [-0.25, -0.2) is 0 Å². The molecule has 0 radical (unpaired) electrons. The Labute approximate surface area is 120 Å². The fourth-order valence-electron chi connectivity index (χ4n) is 2.90. The van der Waals surface area contributed by atoms with Crippen LogP contribution >= 0.6 is 0 Å². The molecule has 0 aliphatic carbocycles. The van der Waals surface area contributed by atoms with E-state index in [0.717, 1.165) is 30.8 Å². The van der Waals surface area contributed by atoms with Gasteiger partial charge in [0.15, 0.2) is 0 Å². The van der Waals surface area contributed by atoms with E-state index >= 15 is 0 Å². The van der Waals surface area contributed by atoms with Gasteiger partial charge in [0.1, 0.15) is 5.75 Å². The van der Waals surface area contributed by atoms with E-state index in [0.29, 0.717) is 0 Å². The molecular weight excluding hydrogens is 246 g/mol. The molecule has 2 N–H and O–H groups in total. The van der Waals surface area contributed by atoms with Gasteiger partial charge in [0.25, 0.3) is 0 Å². The number of hydrogen-bond acceptors (Lipinski definition) is 2. The van der Waals surface area contributed by atoms with Crippen LogP contribution in [0.3, 0.4) is 0 Å². The Morgan fingerprint density at radius 3 is 2.90 bits per heavy atom. The minimum absolute atomic E-state index is 0.0106. The molecule has 1 unspecified atom stereocenters. The molecular formula is C18H21NO. The summed E-state index contributed by atoms with van der Waals surface area (Å²) >= 11 is 0. The van der Waals surface area contributed by atoms with Crippen molar-refractivity contribution in [1.82, 2.24) is 0 Å². The molecule has 1 aliphatic rings. The largest absolute Gasteiger partial charge is 0.493 e. The Morgan fingerprint density at radius 1 is 1.20 bits per heavy atom. The molecule has 0 saturated heterocycles. The monoisotopic (exact) mass is 267 g/mol. The maximum atomic E-state index is 6.44. The van der Waals surface area contributed by atoms with Gasteiger partial charge >= 0.3 is 0 Å². The summed E-state index contributed by atoms with van der Waals surface area (Å²) in [6, 6.07) is 12.9. The van der Waals surface area contributed by atoms with E-state index in [1.165, 1.54) is 22.3 Å². The van der Waals surface area contributed by atoms with Crippen molar-refractivity contribution in [3.63, 3.8) is 0 Å². The molecule has 20 heavy (non-hydrogen) atoms. The van der Waals surface area contributed by atoms with Gasteiger partial charge in [-0.05, 0) is 37.0 Å². The van der Waals surface area contributed by atoms with E-state index in [1.54, 1.807) is 0 Å². The van der Waals surface area contributed by atoms with Gasteiger partial charge in [-0.15, -0.1) is 0 Å². The number of rotatable bonds is 3. The summed E-state index contributed by atoms with van der Waals surface area (Å²) in [7, 11) is 0. The summed E-state index contributed by atoms with van der Waals surface area (Å²) in [6.45, 7) is 5.05. The minimum Gasteiger partial charge on any atom is -0.493 e. The Morgan fingerprint density at radius 2 is 2.05 bits per heavy atom. The second-order valence-corrected chi connectivity index (χ2v) is 5.67. The number of aryl methyl sites for hydroxylation is 2. The van der Waals surface area contributed by atoms with Crippen LogP contribution in [0, 0.1) is 13.8 Å². The zero-order valence-electron chi connectivity index (χ0n) is 12.1. The van der Waals surface area contributed by atoms with E-state index in [-0.39, 0.29) is 6.04 Å². The minimum atomic E-state index is -0.0106. The third-order valence-electron chi connectivity index (χ3n) is 4.09. The molecule has 0 bridgehead atoms. The average Bonchev–Trinajstić information content (AvgIpc) is 2.91. The van der Waals surface area contributed by atoms with Crippen LogP contribution in [0.15, 0.2) is 36.4 Å². The maximum absolute atomic E-state index is 6.44. The summed E-state index contributed by atoms with van der Waals surface area (Å²) in [5.74, 6) is 1.02. The normalized spacial score (nSPS) is 14.8. The van der Waals surface area contributed by atoms with Gasteiger partial charge in [-0.1, -0.05) is 42.0 Å². The third kappa shape index (κ3) is 2.44. The van der Waals surface area contributed by atoms with Crippen LogP contribution in [-0.2, 0) is 12.8 Å². The third-order valence-corrected chi connectivity index (χ3v) is 4.09. The lowest BCUT2D eigenvalue weighted by Crippen LogP contribution is -2.15. The summed E-state index contributed by atoms with van der Waals surface area (Å²) in [5, 5.41) is 0. The molecule has 2 nitrogen and oxygen atoms in total. The van der Waals surface area contributed by atoms with Crippen molar-refractivity contribution in [2.75, 3.05) is 6.61 Å². The summed E-state index contributed by atoms with van der Waals surface area (Å²) in [5.41, 5.74) is 12.8. The fraction of sp³-hybridized carbons (Fsp3) is 0.333. The molecule has 1 heterocycles. The van der Waals surface area contributed by atoms with Gasteiger partial charge in [0.2, 0.25) is 0 Å². The second-order valence-electron chi connectivity index (χ2n) is 5.67. The van der Waals surface area contributed by atoms with Gasteiger partial charge < -0.3 is 10.5 Å². The van der Waals surface area contributed by atoms with E-state index < -0.39 is 0 Å². The zero-order valence-corrected chi connectivity index (χ0v) is 12.1. The Hall–Kier alpha value is -1.80. The highest BCUT2D eigenvalue weighted by atomic mass is 16.5. The Balaban J connectivity index is 1.88. The van der Waals surface area contributed by atoms with Gasteiger partial charge in [-0.2, -0.15) is 0 Å². The number of nitrogens with two attached hydrogens (primary N) is 1. The summed E-state index contributed by atoms with van der Waals surface area (Å²) < 4.78 is 5.76. The first-order chi connectivity index (χ1) is 9.65. The molecule has 0 saturated carbocycles. The standard InChI is InChI=1S/C18H21NO/c1-12-6-7-13(2)15(10-12)11-17(19)16-5-3-4-14-8-9-20-18(14)16/h3-7,10,17H,8-9,11,19H2,1-2H3. The van der Waals surface area contributed by atoms with Gasteiger partial charge in [-0.3, -0.25) is 0 Å².